The first kappa shape index (κ1) is 18.2. The number of anilines is 1. The highest BCUT2D eigenvalue weighted by Crippen LogP contribution is 2.14. The fraction of sp³-hybridized carbons (Fsp3) is 0.316. The number of thiocarbonyl (C=S) groups is 1. The van der Waals surface area contributed by atoms with Gasteiger partial charge in [0.2, 0.25) is 0 Å². The van der Waals surface area contributed by atoms with Gasteiger partial charge in [0.05, 0.1) is 12.2 Å². The van der Waals surface area contributed by atoms with Crippen LogP contribution in [-0.4, -0.2) is 37.2 Å². The maximum Gasteiger partial charge on any atom is 0.185 e. The standard InChI is InChI=1S/C19H26N4S/c1-22(2)15-9-14-20-19(24)21-23(18-12-7-4-8-13-18)16-17-10-5-3-6-11-17/h3-8,10-13H,9,14-16H2,1-2H3,(H2,20,21,24). The Balaban J connectivity index is 1.94. The molecule has 24 heavy (non-hydrogen) atoms. The lowest BCUT2D eigenvalue weighted by atomic mass is 10.2. The first-order chi connectivity index (χ1) is 11.6. The number of para-hydroxylation sites is 1. The quantitative estimate of drug-likeness (QED) is 0.437. The molecule has 0 fully saturated rings. The molecule has 0 aliphatic rings. The largest absolute Gasteiger partial charge is 0.361 e. The number of hydrogen-bond acceptors (Lipinski definition) is 3. The van der Waals surface area contributed by atoms with Gasteiger partial charge >= 0.3 is 0 Å². The van der Waals surface area contributed by atoms with E-state index < -0.39 is 0 Å². The number of nitrogens with one attached hydrogen (secondary N) is 2. The minimum Gasteiger partial charge on any atom is -0.361 e. The summed E-state index contributed by atoms with van der Waals surface area (Å²) in [7, 11) is 4.15. The van der Waals surface area contributed by atoms with E-state index in [1.165, 1.54) is 5.56 Å². The van der Waals surface area contributed by atoms with E-state index in [0.29, 0.717) is 5.11 Å². The molecule has 0 amide bonds. The summed E-state index contributed by atoms with van der Waals surface area (Å²) >= 11 is 5.45. The summed E-state index contributed by atoms with van der Waals surface area (Å²) in [5.74, 6) is 0. The number of rotatable bonds is 8. The number of benzene rings is 2. The van der Waals surface area contributed by atoms with Crippen molar-refractivity contribution in [1.82, 2.24) is 15.6 Å². The van der Waals surface area contributed by atoms with Crippen molar-refractivity contribution in [1.29, 1.82) is 0 Å². The van der Waals surface area contributed by atoms with E-state index in [1.807, 2.05) is 24.3 Å². The molecule has 4 nitrogen and oxygen atoms in total. The molecule has 0 atom stereocenters. The van der Waals surface area contributed by atoms with Crippen LogP contribution in [0.3, 0.4) is 0 Å². The topological polar surface area (TPSA) is 30.5 Å². The molecule has 0 unspecified atom stereocenters. The van der Waals surface area contributed by atoms with Crippen LogP contribution in [0.1, 0.15) is 12.0 Å². The number of hydrazine groups is 1. The van der Waals surface area contributed by atoms with Crippen LogP contribution in [0.25, 0.3) is 0 Å². The Labute approximate surface area is 150 Å². The summed E-state index contributed by atoms with van der Waals surface area (Å²) in [5, 5.41) is 5.99. The summed E-state index contributed by atoms with van der Waals surface area (Å²) in [6.45, 7) is 2.64. The molecule has 0 aromatic heterocycles. The second-order valence-corrected chi connectivity index (χ2v) is 6.34. The van der Waals surface area contributed by atoms with Gasteiger partial charge in [0.1, 0.15) is 0 Å². The van der Waals surface area contributed by atoms with Gasteiger partial charge in [-0.1, -0.05) is 48.5 Å². The molecule has 2 aromatic carbocycles. The predicted octanol–water partition coefficient (Wildman–Crippen LogP) is 3.02. The Bertz CT molecular complexity index is 601. The van der Waals surface area contributed by atoms with E-state index >= 15 is 0 Å². The molecule has 0 aliphatic carbocycles. The normalized spacial score (nSPS) is 10.5. The molecular formula is C19H26N4S. The molecule has 0 radical (unpaired) electrons. The van der Waals surface area contributed by atoms with Crippen molar-refractivity contribution in [3.63, 3.8) is 0 Å². The highest BCUT2D eigenvalue weighted by atomic mass is 32.1. The second-order valence-electron chi connectivity index (χ2n) is 5.93. The molecule has 0 bridgehead atoms. The third-order valence-corrected chi connectivity index (χ3v) is 3.79. The van der Waals surface area contributed by atoms with Gasteiger partial charge in [-0.05, 0) is 57.0 Å². The number of nitrogens with zero attached hydrogens (tertiary/aromatic N) is 2. The zero-order valence-corrected chi connectivity index (χ0v) is 15.2. The molecule has 0 saturated carbocycles. The molecule has 5 heteroatoms. The second kappa shape index (κ2) is 9.90. The van der Waals surface area contributed by atoms with Crippen molar-refractivity contribution < 1.29 is 0 Å². The maximum atomic E-state index is 5.45. The van der Waals surface area contributed by atoms with Crippen LogP contribution in [0, 0.1) is 0 Å². The van der Waals surface area contributed by atoms with Crippen LogP contribution in [-0.2, 0) is 6.54 Å². The van der Waals surface area contributed by atoms with Gasteiger partial charge in [-0.15, -0.1) is 0 Å². The molecule has 0 heterocycles. The summed E-state index contributed by atoms with van der Waals surface area (Å²) in [4.78, 5) is 2.17. The Hall–Kier alpha value is -2.11. The van der Waals surface area contributed by atoms with Gasteiger partial charge in [0, 0.05) is 6.54 Å². The molecule has 128 valence electrons. The monoisotopic (exact) mass is 342 g/mol. The van der Waals surface area contributed by atoms with Crippen LogP contribution in [0.5, 0.6) is 0 Å². The third-order valence-electron chi connectivity index (χ3n) is 3.56. The maximum absolute atomic E-state index is 5.45. The van der Waals surface area contributed by atoms with Crippen LogP contribution >= 0.6 is 12.2 Å². The van der Waals surface area contributed by atoms with Gasteiger partial charge in [0.15, 0.2) is 5.11 Å². The van der Waals surface area contributed by atoms with Crippen molar-refractivity contribution in [3.05, 3.63) is 66.2 Å². The Morgan fingerprint density at radius 2 is 1.58 bits per heavy atom. The van der Waals surface area contributed by atoms with Crippen molar-refractivity contribution in [3.8, 4) is 0 Å². The third kappa shape index (κ3) is 6.56. The van der Waals surface area contributed by atoms with E-state index in [4.69, 9.17) is 12.2 Å². The van der Waals surface area contributed by atoms with E-state index in [9.17, 15) is 0 Å². The van der Waals surface area contributed by atoms with Gasteiger partial charge in [0.25, 0.3) is 0 Å². The molecular weight excluding hydrogens is 316 g/mol. The SMILES string of the molecule is CN(C)CCCNC(=S)NN(Cc1ccccc1)c1ccccc1. The molecule has 0 spiro atoms. The van der Waals surface area contributed by atoms with E-state index in [-0.39, 0.29) is 0 Å². The van der Waals surface area contributed by atoms with E-state index in [0.717, 1.165) is 31.7 Å². The molecule has 0 saturated heterocycles. The molecule has 2 N–H and O–H groups in total. The van der Waals surface area contributed by atoms with Crippen molar-refractivity contribution >= 4 is 23.0 Å². The Kier molecular flexibility index (Phi) is 7.52. The molecule has 0 aliphatic heterocycles. The zero-order valence-electron chi connectivity index (χ0n) is 14.4. The zero-order chi connectivity index (χ0) is 17.2. The summed E-state index contributed by atoms with van der Waals surface area (Å²) in [6, 6.07) is 20.6. The minimum atomic E-state index is 0.647. The highest BCUT2D eigenvalue weighted by Gasteiger charge is 2.08. The van der Waals surface area contributed by atoms with Gasteiger partial charge in [-0.3, -0.25) is 10.4 Å². The average Bonchev–Trinajstić information content (AvgIpc) is 2.60. The van der Waals surface area contributed by atoms with Crippen molar-refractivity contribution in [2.75, 3.05) is 32.2 Å². The van der Waals surface area contributed by atoms with Crippen molar-refractivity contribution in [2.24, 2.45) is 0 Å². The lowest BCUT2D eigenvalue weighted by Crippen LogP contribution is -2.47. The molecule has 2 aromatic rings. The Morgan fingerprint density at radius 3 is 2.21 bits per heavy atom. The van der Waals surface area contributed by atoms with E-state index in [2.05, 4.69) is 71.1 Å². The Morgan fingerprint density at radius 1 is 0.958 bits per heavy atom. The van der Waals surface area contributed by atoms with Crippen LogP contribution in [0.15, 0.2) is 60.7 Å². The van der Waals surface area contributed by atoms with Crippen LogP contribution in [0.4, 0.5) is 5.69 Å². The number of hydrogen-bond donors (Lipinski definition) is 2. The lowest BCUT2D eigenvalue weighted by Gasteiger charge is -2.27. The lowest BCUT2D eigenvalue weighted by molar-refractivity contribution is 0.400. The van der Waals surface area contributed by atoms with Gasteiger partial charge in [-0.2, -0.15) is 0 Å². The van der Waals surface area contributed by atoms with Crippen LogP contribution < -0.4 is 15.8 Å². The van der Waals surface area contributed by atoms with E-state index in [1.54, 1.807) is 0 Å². The summed E-state index contributed by atoms with van der Waals surface area (Å²) in [5.41, 5.74) is 5.62. The van der Waals surface area contributed by atoms with Gasteiger partial charge in [-0.25, -0.2) is 0 Å². The van der Waals surface area contributed by atoms with Gasteiger partial charge < -0.3 is 10.2 Å². The van der Waals surface area contributed by atoms with Crippen LogP contribution in [0.2, 0.25) is 0 Å². The minimum absolute atomic E-state index is 0.647. The predicted molar refractivity (Wildman–Crippen MR) is 106 cm³/mol. The summed E-state index contributed by atoms with van der Waals surface area (Å²) in [6.07, 6.45) is 1.05. The first-order valence-electron chi connectivity index (χ1n) is 8.21. The smallest absolute Gasteiger partial charge is 0.185 e. The summed E-state index contributed by atoms with van der Waals surface area (Å²) < 4.78 is 0. The first-order valence-corrected chi connectivity index (χ1v) is 8.61. The fourth-order valence-electron chi connectivity index (χ4n) is 2.33. The fourth-order valence-corrected chi connectivity index (χ4v) is 2.54. The average molecular weight is 343 g/mol. The highest BCUT2D eigenvalue weighted by molar-refractivity contribution is 7.80. The molecule has 2 rings (SSSR count). The van der Waals surface area contributed by atoms with Crippen molar-refractivity contribution in [2.45, 2.75) is 13.0 Å².